The van der Waals surface area contributed by atoms with Crippen molar-refractivity contribution in [1.29, 1.82) is 0 Å². The number of ether oxygens (including phenoxy) is 5. The van der Waals surface area contributed by atoms with Gasteiger partial charge in [-0.1, -0.05) is 12.2 Å². The predicted octanol–water partition coefficient (Wildman–Crippen LogP) is 3.24. The Labute approximate surface area is 191 Å². The molecule has 2 aliphatic rings. The van der Waals surface area contributed by atoms with Gasteiger partial charge in [0.2, 0.25) is 0 Å². The van der Waals surface area contributed by atoms with Gasteiger partial charge in [-0.05, 0) is 61.5 Å². The van der Waals surface area contributed by atoms with Crippen molar-refractivity contribution in [2.24, 2.45) is 17.6 Å². The minimum atomic E-state index is -0.788. The van der Waals surface area contributed by atoms with Crippen molar-refractivity contribution in [3.63, 3.8) is 0 Å². The summed E-state index contributed by atoms with van der Waals surface area (Å²) in [7, 11) is 0. The van der Waals surface area contributed by atoms with Crippen LogP contribution < -0.4 is 5.73 Å². The molecule has 2 aliphatic heterocycles. The zero-order chi connectivity index (χ0) is 24.3. The van der Waals surface area contributed by atoms with Gasteiger partial charge in [-0.2, -0.15) is 0 Å². The van der Waals surface area contributed by atoms with E-state index in [1.807, 2.05) is 34.6 Å². The average Bonchev–Trinajstić information content (AvgIpc) is 3.19. The molecule has 2 N–H and O–H groups in total. The van der Waals surface area contributed by atoms with Gasteiger partial charge in [0.15, 0.2) is 0 Å². The van der Waals surface area contributed by atoms with Crippen molar-refractivity contribution in [1.82, 2.24) is 0 Å². The van der Waals surface area contributed by atoms with E-state index in [4.69, 9.17) is 29.4 Å². The van der Waals surface area contributed by atoms with Crippen LogP contribution in [0, 0.1) is 11.8 Å². The third-order valence-corrected chi connectivity index (χ3v) is 5.15. The van der Waals surface area contributed by atoms with Crippen molar-refractivity contribution < 1.29 is 33.3 Å². The third-order valence-electron chi connectivity index (χ3n) is 5.15. The summed E-state index contributed by atoms with van der Waals surface area (Å²) < 4.78 is 28.2. The normalized spacial score (nSPS) is 25.8. The Balaban J connectivity index is 1.99. The highest BCUT2D eigenvalue weighted by Gasteiger charge is 2.55. The standard InChI is InChI=1S/C24H39NO7/c1-15(11-13-29-24(7,8)25)30-20(26)18-16-9-10-17(31-16)19(18)21(27)32-23(5,6)12-14-28-22(2,3)4/h9-11,16-19H,12-14,25H2,1-8H3/b15-11+/t16-,17+,18-,19+/m1/s1. The summed E-state index contributed by atoms with van der Waals surface area (Å²) in [5.74, 6) is -2.16. The van der Waals surface area contributed by atoms with Crippen LogP contribution in [0.3, 0.4) is 0 Å². The molecule has 0 radical (unpaired) electrons. The largest absolute Gasteiger partial charge is 0.459 e. The molecule has 8 nitrogen and oxygen atoms in total. The fourth-order valence-electron chi connectivity index (χ4n) is 3.51. The van der Waals surface area contributed by atoms with Crippen molar-refractivity contribution in [2.75, 3.05) is 13.2 Å². The molecule has 0 aromatic rings. The van der Waals surface area contributed by atoms with Gasteiger partial charge >= 0.3 is 11.9 Å². The number of carbonyl (C=O) groups is 2. The van der Waals surface area contributed by atoms with Crippen LogP contribution >= 0.6 is 0 Å². The second-order valence-corrected chi connectivity index (χ2v) is 10.5. The Hall–Kier alpha value is -1.74. The molecule has 0 saturated carbocycles. The molecule has 0 aliphatic carbocycles. The summed E-state index contributed by atoms with van der Waals surface area (Å²) in [6.45, 7) is 15.4. The summed E-state index contributed by atoms with van der Waals surface area (Å²) >= 11 is 0. The van der Waals surface area contributed by atoms with E-state index in [1.54, 1.807) is 39.0 Å². The second-order valence-electron chi connectivity index (χ2n) is 10.5. The Bertz CT molecular complexity index is 742. The molecule has 8 heteroatoms. The maximum absolute atomic E-state index is 13.1. The predicted molar refractivity (Wildman–Crippen MR) is 119 cm³/mol. The average molecular weight is 454 g/mol. The monoisotopic (exact) mass is 453 g/mol. The zero-order valence-corrected chi connectivity index (χ0v) is 20.6. The molecule has 4 atom stereocenters. The number of hydrogen-bond donors (Lipinski definition) is 1. The second kappa shape index (κ2) is 10.0. The van der Waals surface area contributed by atoms with E-state index in [9.17, 15) is 9.59 Å². The molecule has 0 unspecified atom stereocenters. The highest BCUT2D eigenvalue weighted by molar-refractivity contribution is 5.85. The Morgan fingerprint density at radius 3 is 2.06 bits per heavy atom. The van der Waals surface area contributed by atoms with Gasteiger partial charge in [0.25, 0.3) is 0 Å². The summed E-state index contributed by atoms with van der Waals surface area (Å²) in [6, 6.07) is 0. The van der Waals surface area contributed by atoms with E-state index in [-0.39, 0.29) is 12.2 Å². The van der Waals surface area contributed by atoms with E-state index in [0.717, 1.165) is 0 Å². The third kappa shape index (κ3) is 7.99. The van der Waals surface area contributed by atoms with Gasteiger partial charge < -0.3 is 29.4 Å². The molecule has 1 saturated heterocycles. The topological polar surface area (TPSA) is 106 Å². The van der Waals surface area contributed by atoms with Crippen LogP contribution in [0.15, 0.2) is 24.0 Å². The molecule has 0 aromatic heterocycles. The minimum absolute atomic E-state index is 0.200. The lowest BCUT2D eigenvalue weighted by Gasteiger charge is -2.30. The Morgan fingerprint density at radius 2 is 1.53 bits per heavy atom. The first kappa shape index (κ1) is 26.5. The molecule has 1 fully saturated rings. The van der Waals surface area contributed by atoms with E-state index in [0.29, 0.717) is 18.8 Å². The molecule has 0 aromatic carbocycles. The van der Waals surface area contributed by atoms with Crippen molar-refractivity contribution in [3.05, 3.63) is 24.0 Å². The highest BCUT2D eigenvalue weighted by Crippen LogP contribution is 2.41. The molecule has 2 rings (SSSR count). The van der Waals surface area contributed by atoms with Gasteiger partial charge in [0.1, 0.15) is 28.9 Å². The highest BCUT2D eigenvalue weighted by atomic mass is 16.6. The lowest BCUT2D eigenvalue weighted by Crippen LogP contribution is -2.42. The van der Waals surface area contributed by atoms with Gasteiger partial charge in [0, 0.05) is 6.42 Å². The number of esters is 2. The number of allylic oxidation sites excluding steroid dienone is 1. The van der Waals surface area contributed by atoms with E-state index >= 15 is 0 Å². The first-order valence-corrected chi connectivity index (χ1v) is 11.1. The molecular formula is C24H39NO7. The van der Waals surface area contributed by atoms with Gasteiger partial charge in [0.05, 0.1) is 31.0 Å². The Morgan fingerprint density at radius 1 is 0.969 bits per heavy atom. The number of rotatable bonds is 10. The minimum Gasteiger partial charge on any atom is -0.459 e. The van der Waals surface area contributed by atoms with Crippen LogP contribution in [0.5, 0.6) is 0 Å². The number of fused-ring (bicyclic) bond motifs is 2. The molecular weight excluding hydrogens is 414 g/mol. The molecule has 2 heterocycles. The lowest BCUT2D eigenvalue weighted by molar-refractivity contribution is -0.169. The van der Waals surface area contributed by atoms with Crippen LogP contribution in [0.4, 0.5) is 0 Å². The number of nitrogens with two attached hydrogens (primary N) is 1. The number of hydrogen-bond acceptors (Lipinski definition) is 8. The van der Waals surface area contributed by atoms with Crippen molar-refractivity contribution in [2.45, 2.75) is 90.9 Å². The maximum Gasteiger partial charge on any atom is 0.317 e. The van der Waals surface area contributed by atoms with Gasteiger partial charge in [-0.3, -0.25) is 9.59 Å². The fourth-order valence-corrected chi connectivity index (χ4v) is 3.51. The molecule has 0 amide bonds. The fraction of sp³-hybridized carbons (Fsp3) is 0.750. The van der Waals surface area contributed by atoms with Crippen LogP contribution in [0.1, 0.15) is 61.8 Å². The van der Waals surface area contributed by atoms with Crippen molar-refractivity contribution in [3.8, 4) is 0 Å². The number of carbonyl (C=O) groups excluding carboxylic acids is 2. The molecule has 0 spiro atoms. The van der Waals surface area contributed by atoms with E-state index < -0.39 is 47.3 Å². The molecule has 32 heavy (non-hydrogen) atoms. The summed E-state index contributed by atoms with van der Waals surface area (Å²) in [6.07, 6.45) is 4.74. The van der Waals surface area contributed by atoms with Crippen LogP contribution in [0.25, 0.3) is 0 Å². The summed E-state index contributed by atoms with van der Waals surface area (Å²) in [4.78, 5) is 26.0. The first-order valence-electron chi connectivity index (χ1n) is 11.1. The summed E-state index contributed by atoms with van der Waals surface area (Å²) in [5.41, 5.74) is 3.97. The quantitative estimate of drug-likeness (QED) is 0.233. The Kier molecular flexibility index (Phi) is 8.31. The van der Waals surface area contributed by atoms with E-state index in [2.05, 4.69) is 0 Å². The molecule has 2 bridgehead atoms. The van der Waals surface area contributed by atoms with Crippen LogP contribution in [-0.4, -0.2) is 54.3 Å². The first-order chi connectivity index (χ1) is 14.6. The van der Waals surface area contributed by atoms with Crippen LogP contribution in [-0.2, 0) is 33.3 Å². The molecule has 182 valence electrons. The van der Waals surface area contributed by atoms with Gasteiger partial charge in [-0.25, -0.2) is 0 Å². The SMILES string of the molecule is C/C(=C\COC(C)(C)N)OC(=O)[C@H]1[C@@H](C(=O)OC(C)(C)CCOC(C)(C)C)[C@@H]2C=C[C@H]1O2. The van der Waals surface area contributed by atoms with E-state index in [1.165, 1.54) is 0 Å². The van der Waals surface area contributed by atoms with Crippen LogP contribution in [0.2, 0.25) is 0 Å². The zero-order valence-electron chi connectivity index (χ0n) is 20.6. The maximum atomic E-state index is 13.1. The smallest absolute Gasteiger partial charge is 0.317 e. The summed E-state index contributed by atoms with van der Waals surface area (Å²) in [5, 5.41) is 0. The van der Waals surface area contributed by atoms with Crippen molar-refractivity contribution >= 4 is 11.9 Å². The lowest BCUT2D eigenvalue weighted by atomic mass is 9.83. The van der Waals surface area contributed by atoms with Gasteiger partial charge in [-0.15, -0.1) is 0 Å².